The molecule has 7 heteroatoms. The van der Waals surface area contributed by atoms with E-state index in [4.69, 9.17) is 9.47 Å². The molecule has 0 unspecified atom stereocenters. The number of anilines is 2. The van der Waals surface area contributed by atoms with Gasteiger partial charge in [-0.25, -0.2) is 9.78 Å². The van der Waals surface area contributed by atoms with Gasteiger partial charge < -0.3 is 19.3 Å². The van der Waals surface area contributed by atoms with E-state index in [9.17, 15) is 10.1 Å². The van der Waals surface area contributed by atoms with E-state index in [-0.39, 0.29) is 12.1 Å². The molecule has 1 aliphatic rings. The first kappa shape index (κ1) is 21.2. The molecule has 0 bridgehead atoms. The van der Waals surface area contributed by atoms with Crippen LogP contribution in [0.3, 0.4) is 0 Å². The molecule has 1 aromatic heterocycles. The zero-order valence-electron chi connectivity index (χ0n) is 18.1. The van der Waals surface area contributed by atoms with Gasteiger partial charge in [0.15, 0.2) is 5.82 Å². The zero-order chi connectivity index (χ0) is 22.5. The van der Waals surface area contributed by atoms with Crippen LogP contribution in [0.2, 0.25) is 0 Å². The normalized spacial score (nSPS) is 15.2. The lowest BCUT2D eigenvalue weighted by atomic mass is 10.1. The van der Waals surface area contributed by atoms with Crippen LogP contribution in [0.15, 0.2) is 66.9 Å². The van der Waals surface area contributed by atoms with Crippen molar-refractivity contribution in [2.75, 3.05) is 25.1 Å². The molecule has 1 amide bonds. The number of cyclic esters (lactones) is 1. The molecule has 1 atom stereocenters. The molecule has 1 saturated heterocycles. The monoisotopic (exact) mass is 428 g/mol. The summed E-state index contributed by atoms with van der Waals surface area (Å²) in [7, 11) is 1.88. The van der Waals surface area contributed by atoms with Crippen LogP contribution in [0.5, 0.6) is 11.5 Å². The molecular weight excluding hydrogens is 404 g/mol. The Morgan fingerprint density at radius 2 is 1.84 bits per heavy atom. The summed E-state index contributed by atoms with van der Waals surface area (Å²) in [5.74, 6) is 2.05. The molecular formula is C25H24N4O3. The average molecular weight is 428 g/mol. The summed E-state index contributed by atoms with van der Waals surface area (Å²) in [6.45, 7) is 3.03. The largest absolute Gasteiger partial charge is 0.457 e. The molecule has 2 heterocycles. The number of carbonyl (C=O) groups is 1. The van der Waals surface area contributed by atoms with E-state index >= 15 is 0 Å². The smallest absolute Gasteiger partial charge is 0.410 e. The van der Waals surface area contributed by atoms with Gasteiger partial charge in [-0.3, -0.25) is 0 Å². The summed E-state index contributed by atoms with van der Waals surface area (Å²) in [6.07, 6.45) is 2.18. The Hall–Kier alpha value is -4.05. The van der Waals surface area contributed by atoms with Gasteiger partial charge in [0, 0.05) is 25.5 Å². The van der Waals surface area contributed by atoms with Crippen molar-refractivity contribution in [3.63, 3.8) is 0 Å². The van der Waals surface area contributed by atoms with Gasteiger partial charge in [-0.2, -0.15) is 5.26 Å². The Balaban J connectivity index is 1.39. The highest BCUT2D eigenvalue weighted by Crippen LogP contribution is 2.28. The summed E-state index contributed by atoms with van der Waals surface area (Å²) < 4.78 is 11.1. The summed E-state index contributed by atoms with van der Waals surface area (Å²) in [5.41, 5.74) is 2.54. The summed E-state index contributed by atoms with van der Waals surface area (Å²) in [5, 5.41) is 9.30. The highest BCUT2D eigenvalue weighted by molar-refractivity contribution is 5.70. The van der Waals surface area contributed by atoms with Crippen LogP contribution in [0.4, 0.5) is 16.3 Å². The van der Waals surface area contributed by atoms with E-state index in [1.54, 1.807) is 23.2 Å². The lowest BCUT2D eigenvalue weighted by Crippen LogP contribution is -2.34. The minimum Gasteiger partial charge on any atom is -0.457 e. The number of carbonyl (C=O) groups excluding carboxylic acids is 1. The van der Waals surface area contributed by atoms with Gasteiger partial charge in [0.2, 0.25) is 0 Å². The van der Waals surface area contributed by atoms with Crippen LogP contribution in [0, 0.1) is 11.3 Å². The average Bonchev–Trinajstić information content (AvgIpc) is 3.19. The second-order valence-corrected chi connectivity index (χ2v) is 7.51. The van der Waals surface area contributed by atoms with Crippen LogP contribution in [-0.4, -0.2) is 42.2 Å². The number of ether oxygens (including phenoxy) is 2. The number of nitriles is 1. The molecule has 0 spiro atoms. The van der Waals surface area contributed by atoms with Gasteiger partial charge in [0.1, 0.15) is 24.2 Å². The van der Waals surface area contributed by atoms with Crippen molar-refractivity contribution >= 4 is 17.6 Å². The first-order chi connectivity index (χ1) is 15.6. The van der Waals surface area contributed by atoms with E-state index in [0.717, 1.165) is 23.4 Å². The number of hydrogen-bond acceptors (Lipinski definition) is 6. The van der Waals surface area contributed by atoms with E-state index < -0.39 is 0 Å². The fourth-order valence-corrected chi connectivity index (χ4v) is 3.76. The molecule has 162 valence electrons. The van der Waals surface area contributed by atoms with Crippen molar-refractivity contribution in [1.29, 1.82) is 5.26 Å². The molecule has 4 rings (SSSR count). The quantitative estimate of drug-likeness (QED) is 0.533. The molecule has 2 aromatic carbocycles. The summed E-state index contributed by atoms with van der Waals surface area (Å²) in [6, 6.07) is 21.2. The molecule has 7 nitrogen and oxygen atoms in total. The maximum absolute atomic E-state index is 11.7. The van der Waals surface area contributed by atoms with Crippen molar-refractivity contribution in [3.05, 3.63) is 78.0 Å². The fourth-order valence-electron chi connectivity index (χ4n) is 3.76. The maximum Gasteiger partial charge on any atom is 0.410 e. The van der Waals surface area contributed by atoms with E-state index in [1.807, 2.05) is 67.4 Å². The fraction of sp³-hybridized carbons (Fsp3) is 0.240. The molecule has 0 aliphatic carbocycles. The second-order valence-electron chi connectivity index (χ2n) is 7.51. The lowest BCUT2D eigenvalue weighted by Gasteiger charge is -2.20. The number of aromatic nitrogens is 1. The van der Waals surface area contributed by atoms with Crippen molar-refractivity contribution in [1.82, 2.24) is 9.88 Å². The highest BCUT2D eigenvalue weighted by Gasteiger charge is 2.31. The van der Waals surface area contributed by atoms with Crippen LogP contribution < -0.4 is 9.64 Å². The SMILES string of the molecule is CCN1C(=O)OC[C@@H]1Cc1ccc(Oc2ccc(N(C)c3ncccc3C#N)cc2)cc1. The Morgan fingerprint density at radius 1 is 1.16 bits per heavy atom. The summed E-state index contributed by atoms with van der Waals surface area (Å²) in [4.78, 5) is 19.6. The van der Waals surface area contributed by atoms with E-state index in [1.165, 1.54) is 0 Å². The van der Waals surface area contributed by atoms with Gasteiger partial charge in [-0.15, -0.1) is 0 Å². The van der Waals surface area contributed by atoms with Crippen LogP contribution >= 0.6 is 0 Å². The molecule has 0 saturated carbocycles. The highest BCUT2D eigenvalue weighted by atomic mass is 16.6. The van der Waals surface area contributed by atoms with Crippen molar-refractivity contribution in [2.24, 2.45) is 0 Å². The van der Waals surface area contributed by atoms with Gasteiger partial charge in [-0.1, -0.05) is 12.1 Å². The molecule has 3 aromatic rings. The number of nitrogens with zero attached hydrogens (tertiary/aromatic N) is 4. The predicted octanol–water partition coefficient (Wildman–Crippen LogP) is 4.90. The number of benzene rings is 2. The molecule has 0 N–H and O–H groups in total. The molecule has 32 heavy (non-hydrogen) atoms. The minimum absolute atomic E-state index is 0.0736. The third kappa shape index (κ3) is 4.49. The Labute approximate surface area is 187 Å². The van der Waals surface area contributed by atoms with Crippen molar-refractivity contribution in [3.8, 4) is 17.6 Å². The van der Waals surface area contributed by atoms with Crippen molar-refractivity contribution in [2.45, 2.75) is 19.4 Å². The first-order valence-electron chi connectivity index (χ1n) is 10.5. The van der Waals surface area contributed by atoms with Crippen LogP contribution in [0.1, 0.15) is 18.1 Å². The van der Waals surface area contributed by atoms with Gasteiger partial charge in [0.25, 0.3) is 0 Å². The van der Waals surface area contributed by atoms with E-state index in [0.29, 0.717) is 30.3 Å². The Morgan fingerprint density at radius 3 is 2.50 bits per heavy atom. The van der Waals surface area contributed by atoms with Crippen LogP contribution in [0.25, 0.3) is 0 Å². The first-order valence-corrected chi connectivity index (χ1v) is 10.5. The summed E-state index contributed by atoms with van der Waals surface area (Å²) >= 11 is 0. The standard InChI is InChI=1S/C25H24N4O3/c1-3-29-21(17-31-25(29)30)15-18-6-10-22(11-7-18)32-23-12-8-20(9-13-23)28(2)24-19(16-26)5-4-14-27-24/h4-14,21H,3,15,17H2,1-2H3/t21-/m0/s1. The minimum atomic E-state index is -0.238. The third-order valence-corrected chi connectivity index (χ3v) is 5.49. The van der Waals surface area contributed by atoms with Crippen LogP contribution in [-0.2, 0) is 11.2 Å². The number of hydrogen-bond donors (Lipinski definition) is 0. The zero-order valence-corrected chi connectivity index (χ0v) is 18.1. The molecule has 1 aliphatic heterocycles. The number of likely N-dealkylation sites (N-methyl/N-ethyl adjacent to an activating group) is 1. The van der Waals surface area contributed by atoms with E-state index in [2.05, 4.69) is 11.1 Å². The number of rotatable bonds is 7. The topological polar surface area (TPSA) is 78.7 Å². The van der Waals surface area contributed by atoms with Gasteiger partial charge in [0.05, 0.1) is 11.6 Å². The number of pyridine rings is 1. The van der Waals surface area contributed by atoms with Gasteiger partial charge in [-0.05, 0) is 67.4 Å². The Kier molecular flexibility index (Phi) is 6.22. The molecule has 0 radical (unpaired) electrons. The van der Waals surface area contributed by atoms with Gasteiger partial charge >= 0.3 is 6.09 Å². The van der Waals surface area contributed by atoms with Crippen molar-refractivity contribution < 1.29 is 14.3 Å². The maximum atomic E-state index is 11.7. The number of amides is 1. The Bertz CT molecular complexity index is 1120. The predicted molar refractivity (Wildman–Crippen MR) is 121 cm³/mol. The lowest BCUT2D eigenvalue weighted by molar-refractivity contribution is 0.159. The third-order valence-electron chi connectivity index (χ3n) is 5.49. The molecule has 1 fully saturated rings. The second kappa shape index (κ2) is 9.40.